The highest BCUT2D eigenvalue weighted by Gasteiger charge is 2.20. The SMILES string of the molecule is COc1ccc(-c2ccc(OC)c(CNC3CC3)c2)cn1. The number of benzene rings is 1. The molecule has 0 radical (unpaired) electrons. The lowest BCUT2D eigenvalue weighted by atomic mass is 10.0. The molecule has 1 saturated carbocycles. The Morgan fingerprint density at radius 3 is 2.52 bits per heavy atom. The fourth-order valence-electron chi connectivity index (χ4n) is 2.31. The summed E-state index contributed by atoms with van der Waals surface area (Å²) in [6.07, 6.45) is 4.40. The minimum Gasteiger partial charge on any atom is -0.496 e. The van der Waals surface area contributed by atoms with Crippen molar-refractivity contribution in [2.45, 2.75) is 25.4 Å². The average Bonchev–Trinajstić information content (AvgIpc) is 3.37. The standard InChI is InChI=1S/C17H20N2O2/c1-20-16-7-3-12(9-14(16)11-18-15-5-6-15)13-4-8-17(21-2)19-10-13/h3-4,7-10,15,18H,5-6,11H2,1-2H3. The molecule has 0 unspecified atom stereocenters. The van der Waals surface area contributed by atoms with Crippen LogP contribution in [0.25, 0.3) is 11.1 Å². The summed E-state index contributed by atoms with van der Waals surface area (Å²) in [4.78, 5) is 4.26. The third kappa shape index (κ3) is 3.34. The molecule has 110 valence electrons. The van der Waals surface area contributed by atoms with Gasteiger partial charge in [0.05, 0.1) is 14.2 Å². The van der Waals surface area contributed by atoms with Gasteiger partial charge in [0, 0.05) is 36.0 Å². The van der Waals surface area contributed by atoms with Crippen molar-refractivity contribution in [2.75, 3.05) is 14.2 Å². The van der Waals surface area contributed by atoms with Crippen molar-refractivity contribution in [3.63, 3.8) is 0 Å². The van der Waals surface area contributed by atoms with Crippen LogP contribution in [0.1, 0.15) is 18.4 Å². The summed E-state index contributed by atoms with van der Waals surface area (Å²) < 4.78 is 10.5. The van der Waals surface area contributed by atoms with Gasteiger partial charge in [-0.3, -0.25) is 0 Å². The lowest BCUT2D eigenvalue weighted by molar-refractivity contribution is 0.398. The van der Waals surface area contributed by atoms with Crippen LogP contribution in [-0.2, 0) is 6.54 Å². The summed E-state index contributed by atoms with van der Waals surface area (Å²) in [6.45, 7) is 0.839. The minimum absolute atomic E-state index is 0.628. The smallest absolute Gasteiger partial charge is 0.212 e. The zero-order valence-corrected chi connectivity index (χ0v) is 12.4. The largest absolute Gasteiger partial charge is 0.496 e. The van der Waals surface area contributed by atoms with Gasteiger partial charge in [-0.1, -0.05) is 6.07 Å². The average molecular weight is 284 g/mol. The predicted molar refractivity (Wildman–Crippen MR) is 82.6 cm³/mol. The Hall–Kier alpha value is -2.07. The Labute approximate surface area is 125 Å². The third-order valence-corrected chi connectivity index (χ3v) is 3.72. The van der Waals surface area contributed by atoms with Gasteiger partial charge in [-0.2, -0.15) is 0 Å². The molecular formula is C17H20N2O2. The van der Waals surface area contributed by atoms with Crippen LogP contribution in [0.15, 0.2) is 36.5 Å². The second kappa shape index (κ2) is 6.14. The zero-order valence-electron chi connectivity index (χ0n) is 12.4. The van der Waals surface area contributed by atoms with E-state index < -0.39 is 0 Å². The maximum Gasteiger partial charge on any atom is 0.212 e. The molecule has 0 saturated heterocycles. The van der Waals surface area contributed by atoms with E-state index in [9.17, 15) is 0 Å². The summed E-state index contributed by atoms with van der Waals surface area (Å²) in [6, 6.07) is 10.8. The predicted octanol–water partition coefficient (Wildman–Crippen LogP) is 3.02. The molecular weight excluding hydrogens is 264 g/mol. The lowest BCUT2D eigenvalue weighted by Gasteiger charge is -2.12. The van der Waals surface area contributed by atoms with Crippen molar-refractivity contribution in [1.29, 1.82) is 0 Å². The molecule has 0 spiro atoms. The molecule has 1 fully saturated rings. The maximum absolute atomic E-state index is 5.45. The van der Waals surface area contributed by atoms with Crippen LogP contribution in [0.3, 0.4) is 0 Å². The van der Waals surface area contributed by atoms with Crippen LogP contribution in [-0.4, -0.2) is 25.2 Å². The zero-order chi connectivity index (χ0) is 14.7. The monoisotopic (exact) mass is 284 g/mol. The molecule has 1 aromatic heterocycles. The number of aromatic nitrogens is 1. The van der Waals surface area contributed by atoms with E-state index >= 15 is 0 Å². The van der Waals surface area contributed by atoms with Gasteiger partial charge in [-0.05, 0) is 36.6 Å². The molecule has 4 heteroatoms. The van der Waals surface area contributed by atoms with E-state index in [0.717, 1.165) is 23.4 Å². The number of nitrogens with one attached hydrogen (secondary N) is 1. The lowest BCUT2D eigenvalue weighted by Crippen LogP contribution is -2.15. The molecule has 21 heavy (non-hydrogen) atoms. The van der Waals surface area contributed by atoms with Crippen LogP contribution >= 0.6 is 0 Å². The first kappa shape index (κ1) is 13.9. The van der Waals surface area contributed by atoms with Gasteiger partial charge in [0.1, 0.15) is 5.75 Å². The Bertz CT molecular complexity index is 607. The molecule has 0 atom stereocenters. The minimum atomic E-state index is 0.628. The molecule has 1 aromatic carbocycles. The highest BCUT2D eigenvalue weighted by Crippen LogP contribution is 2.28. The molecule has 4 nitrogen and oxygen atoms in total. The van der Waals surface area contributed by atoms with Gasteiger partial charge in [-0.15, -0.1) is 0 Å². The molecule has 1 aliphatic rings. The van der Waals surface area contributed by atoms with Crippen molar-refractivity contribution in [3.05, 3.63) is 42.1 Å². The Kier molecular flexibility index (Phi) is 4.06. The van der Waals surface area contributed by atoms with E-state index in [1.807, 2.05) is 24.4 Å². The fourth-order valence-corrected chi connectivity index (χ4v) is 2.31. The second-order valence-electron chi connectivity index (χ2n) is 5.27. The number of pyridine rings is 1. The van der Waals surface area contributed by atoms with Crippen LogP contribution in [0.2, 0.25) is 0 Å². The van der Waals surface area contributed by atoms with Gasteiger partial charge in [0.2, 0.25) is 5.88 Å². The quantitative estimate of drug-likeness (QED) is 0.885. The number of nitrogens with zero attached hydrogens (tertiary/aromatic N) is 1. The molecule has 1 N–H and O–H groups in total. The Morgan fingerprint density at radius 2 is 1.90 bits per heavy atom. The number of hydrogen-bond donors (Lipinski definition) is 1. The fraction of sp³-hybridized carbons (Fsp3) is 0.353. The first-order valence-electron chi connectivity index (χ1n) is 7.21. The van der Waals surface area contributed by atoms with Crippen LogP contribution < -0.4 is 14.8 Å². The molecule has 0 bridgehead atoms. The Morgan fingerprint density at radius 1 is 1.10 bits per heavy atom. The summed E-state index contributed by atoms with van der Waals surface area (Å²) in [5, 5.41) is 3.53. The van der Waals surface area contributed by atoms with E-state index in [2.05, 4.69) is 22.4 Å². The molecule has 1 aliphatic carbocycles. The van der Waals surface area contributed by atoms with E-state index in [0.29, 0.717) is 11.9 Å². The summed E-state index contributed by atoms with van der Waals surface area (Å²) in [7, 11) is 3.33. The van der Waals surface area contributed by atoms with Crippen molar-refractivity contribution in [1.82, 2.24) is 10.3 Å². The van der Waals surface area contributed by atoms with Crippen molar-refractivity contribution in [3.8, 4) is 22.8 Å². The second-order valence-corrected chi connectivity index (χ2v) is 5.27. The van der Waals surface area contributed by atoms with Gasteiger partial charge in [0.25, 0.3) is 0 Å². The van der Waals surface area contributed by atoms with E-state index in [1.165, 1.54) is 18.4 Å². The van der Waals surface area contributed by atoms with Gasteiger partial charge in [-0.25, -0.2) is 4.98 Å². The van der Waals surface area contributed by atoms with E-state index in [1.54, 1.807) is 14.2 Å². The summed E-state index contributed by atoms with van der Waals surface area (Å²) >= 11 is 0. The first-order valence-corrected chi connectivity index (χ1v) is 7.21. The maximum atomic E-state index is 5.45. The normalized spacial score (nSPS) is 14.0. The van der Waals surface area contributed by atoms with Crippen molar-refractivity contribution in [2.24, 2.45) is 0 Å². The van der Waals surface area contributed by atoms with Crippen LogP contribution in [0.5, 0.6) is 11.6 Å². The van der Waals surface area contributed by atoms with Crippen LogP contribution in [0, 0.1) is 0 Å². The van der Waals surface area contributed by atoms with Crippen molar-refractivity contribution >= 4 is 0 Å². The molecule has 1 heterocycles. The number of rotatable bonds is 6. The third-order valence-electron chi connectivity index (χ3n) is 3.72. The highest BCUT2D eigenvalue weighted by atomic mass is 16.5. The molecule has 2 aromatic rings. The number of ether oxygens (including phenoxy) is 2. The summed E-state index contributed by atoms with van der Waals surface area (Å²) in [5.41, 5.74) is 3.39. The van der Waals surface area contributed by atoms with E-state index in [-0.39, 0.29) is 0 Å². The summed E-state index contributed by atoms with van der Waals surface area (Å²) in [5.74, 6) is 1.55. The van der Waals surface area contributed by atoms with Gasteiger partial charge in [0.15, 0.2) is 0 Å². The number of methoxy groups -OCH3 is 2. The first-order chi connectivity index (χ1) is 10.3. The van der Waals surface area contributed by atoms with E-state index in [4.69, 9.17) is 9.47 Å². The van der Waals surface area contributed by atoms with Crippen LogP contribution in [0.4, 0.5) is 0 Å². The molecule has 0 aliphatic heterocycles. The number of hydrogen-bond acceptors (Lipinski definition) is 4. The topological polar surface area (TPSA) is 43.4 Å². The highest BCUT2D eigenvalue weighted by molar-refractivity contribution is 5.65. The Balaban J connectivity index is 1.84. The van der Waals surface area contributed by atoms with Gasteiger partial charge < -0.3 is 14.8 Å². The van der Waals surface area contributed by atoms with Crippen molar-refractivity contribution < 1.29 is 9.47 Å². The molecule has 3 rings (SSSR count). The van der Waals surface area contributed by atoms with Gasteiger partial charge >= 0.3 is 0 Å². The molecule has 0 amide bonds.